The van der Waals surface area contributed by atoms with Crippen LogP contribution in [0, 0.1) is 6.92 Å². The van der Waals surface area contributed by atoms with E-state index < -0.39 is 0 Å². The van der Waals surface area contributed by atoms with Crippen LogP contribution in [0.2, 0.25) is 0 Å². The average Bonchev–Trinajstić information content (AvgIpc) is 3.18. The summed E-state index contributed by atoms with van der Waals surface area (Å²) in [5.74, 6) is 1.50. The Morgan fingerprint density at radius 3 is 2.26 bits per heavy atom. The summed E-state index contributed by atoms with van der Waals surface area (Å²) in [7, 11) is 0. The SMILES string of the molecule is CCOc1cc(OCC)cc(C(=O)Nc2ccc(-c3nc4ccc(C)cc4o3)cc2)c1. The number of nitrogens with one attached hydrogen (secondary N) is 1. The Labute approximate surface area is 180 Å². The Morgan fingerprint density at radius 1 is 0.935 bits per heavy atom. The predicted molar refractivity (Wildman–Crippen MR) is 121 cm³/mol. The van der Waals surface area contributed by atoms with Crippen LogP contribution >= 0.6 is 0 Å². The standard InChI is InChI=1S/C25H24N2O4/c1-4-29-20-13-18(14-21(15-20)30-5-2)24(28)26-19-9-7-17(8-10-19)25-27-22-11-6-16(3)12-23(22)31-25/h6-15H,4-5H2,1-3H3,(H,26,28). The molecule has 0 aliphatic carbocycles. The molecule has 0 atom stereocenters. The van der Waals surface area contributed by atoms with Gasteiger partial charge in [-0.25, -0.2) is 4.98 Å². The van der Waals surface area contributed by atoms with Crippen molar-refractivity contribution >= 4 is 22.7 Å². The number of aryl methyl sites for hydroxylation is 1. The number of hydrogen-bond acceptors (Lipinski definition) is 5. The van der Waals surface area contributed by atoms with E-state index in [2.05, 4.69) is 10.3 Å². The van der Waals surface area contributed by atoms with Crippen molar-refractivity contribution < 1.29 is 18.7 Å². The molecule has 0 bridgehead atoms. The molecule has 0 aliphatic rings. The van der Waals surface area contributed by atoms with Crippen molar-refractivity contribution in [2.45, 2.75) is 20.8 Å². The minimum atomic E-state index is -0.243. The number of aromatic nitrogens is 1. The largest absolute Gasteiger partial charge is 0.494 e. The molecule has 1 N–H and O–H groups in total. The highest BCUT2D eigenvalue weighted by Crippen LogP contribution is 2.27. The van der Waals surface area contributed by atoms with Gasteiger partial charge in [-0.15, -0.1) is 0 Å². The fourth-order valence-electron chi connectivity index (χ4n) is 3.26. The number of amides is 1. The summed E-state index contributed by atoms with van der Waals surface area (Å²) in [6.45, 7) is 6.82. The van der Waals surface area contributed by atoms with Crippen LogP contribution in [0.3, 0.4) is 0 Å². The zero-order valence-electron chi connectivity index (χ0n) is 17.8. The van der Waals surface area contributed by atoms with Crippen molar-refractivity contribution in [1.29, 1.82) is 0 Å². The molecule has 158 valence electrons. The Balaban J connectivity index is 1.52. The lowest BCUT2D eigenvalue weighted by Gasteiger charge is -2.11. The van der Waals surface area contributed by atoms with Gasteiger partial charge in [-0.05, 0) is 74.9 Å². The number of anilines is 1. The first-order valence-corrected chi connectivity index (χ1v) is 10.3. The highest BCUT2D eigenvalue weighted by molar-refractivity contribution is 6.04. The maximum atomic E-state index is 12.8. The van der Waals surface area contributed by atoms with Crippen LogP contribution in [0.1, 0.15) is 29.8 Å². The van der Waals surface area contributed by atoms with E-state index in [1.54, 1.807) is 18.2 Å². The van der Waals surface area contributed by atoms with Crippen LogP contribution in [-0.2, 0) is 0 Å². The monoisotopic (exact) mass is 416 g/mol. The molecule has 0 saturated heterocycles. The molecule has 4 rings (SSSR count). The molecule has 0 saturated carbocycles. The lowest BCUT2D eigenvalue weighted by molar-refractivity contribution is 0.102. The number of oxazole rings is 1. The van der Waals surface area contributed by atoms with Crippen LogP contribution in [0.4, 0.5) is 5.69 Å². The van der Waals surface area contributed by atoms with Gasteiger partial charge in [0.1, 0.15) is 17.0 Å². The van der Waals surface area contributed by atoms with Gasteiger partial charge in [0.15, 0.2) is 5.58 Å². The van der Waals surface area contributed by atoms with Gasteiger partial charge in [0.05, 0.1) is 13.2 Å². The van der Waals surface area contributed by atoms with Crippen molar-refractivity contribution in [3.63, 3.8) is 0 Å². The maximum Gasteiger partial charge on any atom is 0.255 e. The van der Waals surface area contributed by atoms with Gasteiger partial charge < -0.3 is 19.2 Å². The second-order valence-electron chi connectivity index (χ2n) is 7.08. The summed E-state index contributed by atoms with van der Waals surface area (Å²) in [6, 6.07) is 18.5. The Bertz CT molecular complexity index is 1190. The zero-order chi connectivity index (χ0) is 21.8. The molecule has 31 heavy (non-hydrogen) atoms. The fraction of sp³-hybridized carbons (Fsp3) is 0.200. The molecule has 0 unspecified atom stereocenters. The number of carbonyl (C=O) groups is 1. The highest BCUT2D eigenvalue weighted by atomic mass is 16.5. The van der Waals surface area contributed by atoms with Gasteiger partial charge in [0, 0.05) is 22.9 Å². The van der Waals surface area contributed by atoms with Crippen molar-refractivity contribution in [2.24, 2.45) is 0 Å². The van der Waals surface area contributed by atoms with E-state index in [1.165, 1.54) is 0 Å². The third kappa shape index (κ3) is 4.69. The van der Waals surface area contributed by atoms with Crippen LogP contribution in [-0.4, -0.2) is 24.1 Å². The van der Waals surface area contributed by atoms with Crippen molar-refractivity contribution in [3.05, 3.63) is 71.8 Å². The van der Waals surface area contributed by atoms with Crippen LogP contribution in [0.5, 0.6) is 11.5 Å². The normalized spacial score (nSPS) is 10.8. The molecule has 1 aromatic heterocycles. The second kappa shape index (κ2) is 8.92. The molecule has 4 aromatic rings. The van der Waals surface area contributed by atoms with Crippen LogP contribution < -0.4 is 14.8 Å². The summed E-state index contributed by atoms with van der Waals surface area (Å²) in [5.41, 5.74) is 4.66. The third-order valence-electron chi connectivity index (χ3n) is 4.70. The van der Waals surface area contributed by atoms with E-state index in [4.69, 9.17) is 13.9 Å². The molecule has 0 radical (unpaired) electrons. The molecule has 1 heterocycles. The number of benzene rings is 3. The van der Waals surface area contributed by atoms with Gasteiger partial charge >= 0.3 is 0 Å². The Kier molecular flexibility index (Phi) is 5.89. The first-order chi connectivity index (χ1) is 15.1. The molecular weight excluding hydrogens is 392 g/mol. The summed E-state index contributed by atoms with van der Waals surface area (Å²) in [6.07, 6.45) is 0. The number of fused-ring (bicyclic) bond motifs is 1. The van der Waals surface area contributed by atoms with E-state index in [0.29, 0.717) is 41.9 Å². The molecule has 0 aliphatic heterocycles. The summed E-state index contributed by atoms with van der Waals surface area (Å²) in [5, 5.41) is 2.91. The molecule has 0 fully saturated rings. The lowest BCUT2D eigenvalue weighted by atomic mass is 10.1. The van der Waals surface area contributed by atoms with Gasteiger partial charge in [0.25, 0.3) is 5.91 Å². The molecular formula is C25H24N2O4. The second-order valence-corrected chi connectivity index (χ2v) is 7.08. The van der Waals surface area contributed by atoms with E-state index in [9.17, 15) is 4.79 Å². The Morgan fingerprint density at radius 2 is 1.61 bits per heavy atom. The number of rotatable bonds is 7. The Hall–Kier alpha value is -3.80. The fourth-order valence-corrected chi connectivity index (χ4v) is 3.26. The topological polar surface area (TPSA) is 73.6 Å². The third-order valence-corrected chi connectivity index (χ3v) is 4.70. The smallest absolute Gasteiger partial charge is 0.255 e. The van der Waals surface area contributed by atoms with E-state index >= 15 is 0 Å². The number of carbonyl (C=O) groups excluding carboxylic acids is 1. The van der Waals surface area contributed by atoms with Gasteiger partial charge in [-0.3, -0.25) is 4.79 Å². The van der Waals surface area contributed by atoms with E-state index in [1.807, 2.05) is 63.2 Å². The number of hydrogen-bond donors (Lipinski definition) is 1. The molecule has 6 heteroatoms. The average molecular weight is 416 g/mol. The summed E-state index contributed by atoms with van der Waals surface area (Å²) < 4.78 is 17.0. The first-order valence-electron chi connectivity index (χ1n) is 10.3. The molecule has 6 nitrogen and oxygen atoms in total. The number of nitrogens with zero attached hydrogens (tertiary/aromatic N) is 1. The van der Waals surface area contributed by atoms with Gasteiger partial charge in [-0.2, -0.15) is 0 Å². The zero-order valence-corrected chi connectivity index (χ0v) is 17.8. The first kappa shape index (κ1) is 20.5. The number of ether oxygens (including phenoxy) is 2. The van der Waals surface area contributed by atoms with Crippen molar-refractivity contribution in [3.8, 4) is 23.0 Å². The van der Waals surface area contributed by atoms with Crippen LogP contribution in [0.25, 0.3) is 22.6 Å². The maximum absolute atomic E-state index is 12.8. The predicted octanol–water partition coefficient (Wildman–Crippen LogP) is 5.85. The molecule has 0 spiro atoms. The summed E-state index contributed by atoms with van der Waals surface area (Å²) >= 11 is 0. The summed E-state index contributed by atoms with van der Waals surface area (Å²) in [4.78, 5) is 17.3. The van der Waals surface area contributed by atoms with Crippen molar-refractivity contribution in [1.82, 2.24) is 4.98 Å². The quantitative estimate of drug-likeness (QED) is 0.409. The van der Waals surface area contributed by atoms with E-state index in [0.717, 1.165) is 22.2 Å². The van der Waals surface area contributed by atoms with Gasteiger partial charge in [-0.1, -0.05) is 6.07 Å². The molecule has 3 aromatic carbocycles. The minimum absolute atomic E-state index is 0.243. The minimum Gasteiger partial charge on any atom is -0.494 e. The van der Waals surface area contributed by atoms with Crippen LogP contribution in [0.15, 0.2) is 65.1 Å². The highest BCUT2D eigenvalue weighted by Gasteiger charge is 2.12. The lowest BCUT2D eigenvalue weighted by Crippen LogP contribution is -2.12. The van der Waals surface area contributed by atoms with Gasteiger partial charge in [0.2, 0.25) is 5.89 Å². The van der Waals surface area contributed by atoms with E-state index in [-0.39, 0.29) is 5.91 Å². The van der Waals surface area contributed by atoms with Crippen molar-refractivity contribution in [2.75, 3.05) is 18.5 Å². The molecule has 1 amide bonds.